The van der Waals surface area contributed by atoms with Crippen LogP contribution in [0.3, 0.4) is 0 Å². The minimum atomic E-state index is -0.648. The lowest BCUT2D eigenvalue weighted by Crippen LogP contribution is -2.20. The molecule has 0 spiro atoms. The molecule has 0 saturated heterocycles. The lowest BCUT2D eigenvalue weighted by molar-refractivity contribution is 0.0990. The molecule has 0 bridgehead atoms. The zero-order valence-electron chi connectivity index (χ0n) is 17.5. The zero-order chi connectivity index (χ0) is 24.1. The average molecular weight is 458 g/mol. The number of amides is 2. The molecule has 2 amide bonds. The molecule has 0 unspecified atom stereocenters. The topological polar surface area (TPSA) is 162 Å². The third-order valence-electron chi connectivity index (χ3n) is 7.20. The van der Waals surface area contributed by atoms with Crippen LogP contribution in [0.2, 0.25) is 0 Å². The second-order valence-corrected chi connectivity index (χ2v) is 8.71. The van der Waals surface area contributed by atoms with Crippen LogP contribution < -0.4 is 9.80 Å². The fraction of sp³-hybridized carbons (Fsp3) is 0.0833. The summed E-state index contributed by atoms with van der Waals surface area (Å²) in [5.74, 6) is -4.42. The maximum absolute atomic E-state index is 12.9. The molecule has 5 aromatic rings. The summed E-state index contributed by atoms with van der Waals surface area (Å²) >= 11 is 0. The van der Waals surface area contributed by atoms with Crippen molar-refractivity contribution in [2.75, 3.05) is 23.9 Å². The van der Waals surface area contributed by atoms with Gasteiger partial charge >= 0.3 is 0 Å². The van der Waals surface area contributed by atoms with Crippen LogP contribution in [-0.2, 0) is 0 Å². The Morgan fingerprint density at radius 3 is 1.21 bits per heavy atom. The van der Waals surface area contributed by atoms with Crippen LogP contribution in [0.1, 0.15) is 20.7 Å². The highest BCUT2D eigenvalue weighted by Crippen LogP contribution is 2.62. The lowest BCUT2D eigenvalue weighted by Gasteiger charge is -2.21. The van der Waals surface area contributed by atoms with Crippen molar-refractivity contribution < 1.29 is 40.2 Å². The van der Waals surface area contributed by atoms with Gasteiger partial charge in [0.1, 0.15) is 11.5 Å². The highest BCUT2D eigenvalue weighted by molar-refractivity contribution is 6.46. The lowest BCUT2D eigenvalue weighted by atomic mass is 9.85. The third kappa shape index (κ3) is 1.62. The minimum absolute atomic E-state index is 0.00728. The molecule has 2 aliphatic heterocycles. The molecular weight excluding hydrogens is 444 g/mol. The quantitative estimate of drug-likeness (QED) is 0.117. The van der Waals surface area contributed by atoms with Gasteiger partial charge in [0, 0.05) is 57.2 Å². The largest absolute Gasteiger partial charge is 0.507 e. The van der Waals surface area contributed by atoms with E-state index >= 15 is 0 Å². The highest BCUT2D eigenvalue weighted by Gasteiger charge is 2.40. The standard InChI is InChI=1S/C24H14N2O8/c1-25-17-9-5(23(25)33)3-7(27)11-13(9)15(19(29)21(17)31)12-8(28)4-6-10-14(12)16(11)20(30)22(32)18(10)26(2)24(6)34/h3-4,27-32H,1-2H3. The van der Waals surface area contributed by atoms with Gasteiger partial charge in [0.15, 0.2) is 23.0 Å². The summed E-state index contributed by atoms with van der Waals surface area (Å²) in [5, 5.41) is 66.5. The first-order valence-corrected chi connectivity index (χ1v) is 10.2. The Balaban J connectivity index is 1.97. The Hall–Kier alpha value is -4.86. The van der Waals surface area contributed by atoms with Gasteiger partial charge in [0.25, 0.3) is 11.8 Å². The van der Waals surface area contributed by atoms with Crippen LogP contribution in [0.4, 0.5) is 11.4 Å². The van der Waals surface area contributed by atoms with Crippen molar-refractivity contribution in [2.45, 2.75) is 0 Å². The van der Waals surface area contributed by atoms with Gasteiger partial charge in [-0.25, -0.2) is 0 Å². The number of anilines is 2. The van der Waals surface area contributed by atoms with Crippen molar-refractivity contribution in [3.63, 3.8) is 0 Å². The number of carbonyl (C=O) groups is 2. The number of phenols is 6. The fourth-order valence-electron chi connectivity index (χ4n) is 5.81. The van der Waals surface area contributed by atoms with Crippen molar-refractivity contribution in [3.8, 4) is 34.5 Å². The molecule has 10 heteroatoms. The summed E-state index contributed by atoms with van der Waals surface area (Å²) in [4.78, 5) is 28.0. The average Bonchev–Trinajstić information content (AvgIpc) is 3.20. The first kappa shape index (κ1) is 18.7. The van der Waals surface area contributed by atoms with Crippen molar-refractivity contribution >= 4 is 66.3 Å². The van der Waals surface area contributed by atoms with Crippen LogP contribution in [0, 0.1) is 0 Å². The smallest absolute Gasteiger partial charge is 0.258 e. The Bertz CT molecular complexity index is 1750. The van der Waals surface area contributed by atoms with Crippen molar-refractivity contribution in [3.05, 3.63) is 23.3 Å². The predicted molar refractivity (Wildman–Crippen MR) is 123 cm³/mol. The van der Waals surface area contributed by atoms with E-state index in [1.54, 1.807) is 0 Å². The van der Waals surface area contributed by atoms with Crippen molar-refractivity contribution in [2.24, 2.45) is 0 Å². The molecule has 168 valence electrons. The maximum atomic E-state index is 12.9. The minimum Gasteiger partial charge on any atom is -0.507 e. The summed E-state index contributed by atoms with van der Waals surface area (Å²) in [6.07, 6.45) is 0. The van der Waals surface area contributed by atoms with Gasteiger partial charge in [-0.05, 0) is 12.1 Å². The Morgan fingerprint density at radius 2 is 0.853 bits per heavy atom. The Morgan fingerprint density at radius 1 is 0.500 bits per heavy atom. The van der Waals surface area contributed by atoms with Gasteiger partial charge in [0.2, 0.25) is 0 Å². The summed E-state index contributed by atoms with van der Waals surface area (Å²) < 4.78 is 0. The summed E-state index contributed by atoms with van der Waals surface area (Å²) in [5.41, 5.74) is 0.127. The molecule has 0 aliphatic carbocycles. The van der Waals surface area contributed by atoms with Crippen LogP contribution in [-0.4, -0.2) is 56.5 Å². The van der Waals surface area contributed by atoms with E-state index in [1.807, 2.05) is 0 Å². The number of phenolic OH excluding ortho intramolecular Hbond substituents is 6. The first-order chi connectivity index (χ1) is 16.1. The molecule has 0 fully saturated rings. The maximum Gasteiger partial charge on any atom is 0.258 e. The van der Waals surface area contributed by atoms with Crippen LogP contribution in [0.15, 0.2) is 12.1 Å². The molecule has 5 aromatic carbocycles. The van der Waals surface area contributed by atoms with Gasteiger partial charge in [-0.1, -0.05) is 0 Å². The van der Waals surface area contributed by atoms with Crippen molar-refractivity contribution in [1.82, 2.24) is 0 Å². The first-order valence-electron chi connectivity index (χ1n) is 10.2. The second kappa shape index (κ2) is 5.20. The van der Waals surface area contributed by atoms with Crippen LogP contribution >= 0.6 is 0 Å². The van der Waals surface area contributed by atoms with Gasteiger partial charge in [-0.3, -0.25) is 9.59 Å². The molecule has 0 saturated carbocycles. The fourth-order valence-corrected chi connectivity index (χ4v) is 5.81. The second-order valence-electron chi connectivity index (χ2n) is 8.71. The summed E-state index contributed by atoms with van der Waals surface area (Å²) in [6, 6.07) is 2.38. The number of hydrogen-bond acceptors (Lipinski definition) is 8. The van der Waals surface area contributed by atoms with E-state index in [9.17, 15) is 40.2 Å². The van der Waals surface area contributed by atoms with Crippen LogP contribution in [0.5, 0.6) is 34.5 Å². The SMILES string of the molecule is CN1C(=O)c2cc(O)c3c4c(O)c(O)c5c6c(cc(O)c(c7c(O)c(O)c1c2c37)c64)C(=O)N5C. The van der Waals surface area contributed by atoms with E-state index in [2.05, 4.69) is 0 Å². The van der Waals surface area contributed by atoms with E-state index in [-0.39, 0.29) is 65.6 Å². The number of benzene rings is 5. The summed E-state index contributed by atoms with van der Waals surface area (Å²) in [7, 11) is 2.80. The summed E-state index contributed by atoms with van der Waals surface area (Å²) in [6.45, 7) is 0. The highest BCUT2D eigenvalue weighted by atomic mass is 16.3. The number of aromatic hydroxyl groups is 6. The van der Waals surface area contributed by atoms with E-state index in [0.717, 1.165) is 9.80 Å². The number of nitrogens with zero attached hydrogens (tertiary/aromatic N) is 2. The normalized spacial score (nSPS) is 14.9. The monoisotopic (exact) mass is 458 g/mol. The zero-order valence-corrected chi connectivity index (χ0v) is 17.5. The van der Waals surface area contributed by atoms with Gasteiger partial charge in [-0.15, -0.1) is 0 Å². The molecule has 0 atom stereocenters. The van der Waals surface area contributed by atoms with Gasteiger partial charge in [0.05, 0.1) is 22.5 Å². The molecule has 10 nitrogen and oxygen atoms in total. The molecule has 7 rings (SSSR count). The van der Waals surface area contributed by atoms with E-state index in [4.69, 9.17) is 0 Å². The third-order valence-corrected chi connectivity index (χ3v) is 7.20. The molecule has 6 N–H and O–H groups in total. The van der Waals surface area contributed by atoms with Crippen LogP contribution in [0.25, 0.3) is 43.1 Å². The molecule has 2 aliphatic rings. The number of carbonyl (C=O) groups excluding carboxylic acids is 2. The molecule has 2 heterocycles. The Labute approximate surface area is 188 Å². The van der Waals surface area contributed by atoms with Crippen molar-refractivity contribution in [1.29, 1.82) is 0 Å². The number of hydrogen-bond donors (Lipinski definition) is 6. The molecule has 0 aromatic heterocycles. The predicted octanol–water partition coefficient (Wildman–Crippen LogP) is 3.15. The van der Waals surface area contributed by atoms with E-state index in [0.29, 0.717) is 0 Å². The number of rotatable bonds is 0. The van der Waals surface area contributed by atoms with E-state index < -0.39 is 46.3 Å². The van der Waals surface area contributed by atoms with E-state index in [1.165, 1.54) is 26.2 Å². The molecular formula is C24H14N2O8. The van der Waals surface area contributed by atoms with Gasteiger partial charge < -0.3 is 40.4 Å². The number of fused-ring (bicyclic) bond motifs is 2. The van der Waals surface area contributed by atoms with Gasteiger partial charge in [-0.2, -0.15) is 0 Å². The Kier molecular flexibility index (Phi) is 2.86. The molecule has 0 radical (unpaired) electrons. The molecule has 34 heavy (non-hydrogen) atoms.